The molecular weight excluding hydrogens is 953 g/mol. The number of aliphatic hydroxyl groups is 2. The number of H-pyrrole nitrogens is 1. The number of nitrogens with one attached hydrogen (secondary N) is 4. The van der Waals surface area contributed by atoms with Gasteiger partial charge in [0, 0.05) is 45.9 Å². The van der Waals surface area contributed by atoms with Gasteiger partial charge in [0.25, 0.3) is 11.5 Å². The number of ether oxygens (including phenoxy) is 2. The number of nitrogens with zero attached hydrogens (tertiary/aromatic N) is 3. The Morgan fingerprint density at radius 3 is 2.46 bits per heavy atom. The van der Waals surface area contributed by atoms with Crippen LogP contribution in [0.2, 0.25) is 0 Å². The first-order valence-electron chi connectivity index (χ1n) is 22.6. The zero-order chi connectivity index (χ0) is 50.5. The van der Waals surface area contributed by atoms with Crippen LogP contribution in [0, 0.1) is 28.6 Å². The van der Waals surface area contributed by atoms with Gasteiger partial charge in [-0.2, -0.15) is 4.98 Å². The monoisotopic (exact) mass is 1010 g/mol. The summed E-state index contributed by atoms with van der Waals surface area (Å²) in [5.74, 6) is -5.29. The fraction of sp³-hybridized carbons (Fsp3) is 0.500. The normalized spacial score (nSPS) is 26.3. The highest BCUT2D eigenvalue weighted by atomic mass is 33.1. The number of amides is 2. The second-order valence-corrected chi connectivity index (χ2v) is 20.9. The predicted octanol–water partition coefficient (Wildman–Crippen LogP) is 2.55. The van der Waals surface area contributed by atoms with E-state index in [1.165, 1.54) is 18.3 Å². The van der Waals surface area contributed by atoms with Gasteiger partial charge in [-0.3, -0.25) is 29.0 Å². The van der Waals surface area contributed by atoms with E-state index >= 15 is 0 Å². The molecule has 2 amide bonds. The molecule has 24 heteroatoms. The van der Waals surface area contributed by atoms with Crippen LogP contribution in [0.4, 0.5) is 16.4 Å². The highest BCUT2D eigenvalue weighted by molar-refractivity contribution is 8.76. The van der Waals surface area contributed by atoms with Crippen molar-refractivity contribution in [3.05, 3.63) is 75.9 Å². The van der Waals surface area contributed by atoms with Crippen molar-refractivity contribution in [3.63, 3.8) is 0 Å². The van der Waals surface area contributed by atoms with E-state index in [1.54, 1.807) is 24.3 Å². The molecule has 9 unspecified atom stereocenters. The number of nitrogens with two attached hydrogens (primary N) is 1. The van der Waals surface area contributed by atoms with Gasteiger partial charge < -0.3 is 51.6 Å². The lowest BCUT2D eigenvalue weighted by molar-refractivity contribution is -0.179. The third kappa shape index (κ3) is 11.0. The largest absolute Gasteiger partial charge is 0.508 e. The van der Waals surface area contributed by atoms with Gasteiger partial charge in [0.15, 0.2) is 23.6 Å². The number of benzene rings is 1. The molecule has 374 valence electrons. The number of carboxylic acid groups (broad SMARTS) is 2. The van der Waals surface area contributed by atoms with Crippen LogP contribution in [0.15, 0.2) is 59.1 Å². The molecule has 4 aliphatic carbocycles. The molecule has 1 aromatic carbocycles. The zero-order valence-electron chi connectivity index (χ0n) is 38.2. The molecule has 22 nitrogen and oxygen atoms in total. The summed E-state index contributed by atoms with van der Waals surface area (Å²) in [6.07, 6.45) is 6.01. The summed E-state index contributed by atoms with van der Waals surface area (Å²) < 4.78 is 10.2. The lowest BCUT2D eigenvalue weighted by atomic mass is 9.46. The molecule has 70 heavy (non-hydrogen) atoms. The topological polar surface area (TPSA) is 353 Å². The minimum atomic E-state index is -1.84. The average Bonchev–Trinajstić information content (AvgIpc) is 3.59. The SMILES string of the molecule is CC12C=CC(=O)C=C1CCC1C2C(O)CC2(C)C1CCC2(O)C(=O)COC(=O)OCCSSCC(NC(=O)CCC(NC(=O)c1ccc(NCc2cnc3nc(N)[nH]c(=O)c3n2)cc1)C(=O)O)C(=O)O. The number of aromatic amines is 1. The molecule has 3 aromatic rings. The van der Waals surface area contributed by atoms with Crippen LogP contribution in [0.3, 0.4) is 0 Å². The van der Waals surface area contributed by atoms with Gasteiger partial charge in [0.05, 0.1) is 24.5 Å². The highest BCUT2D eigenvalue weighted by Gasteiger charge is 2.68. The van der Waals surface area contributed by atoms with Gasteiger partial charge in [-0.05, 0) is 86.8 Å². The number of anilines is 2. The molecule has 0 radical (unpaired) electrons. The van der Waals surface area contributed by atoms with Crippen LogP contribution in [-0.2, 0) is 40.0 Å². The van der Waals surface area contributed by atoms with E-state index in [1.807, 2.05) is 19.9 Å². The van der Waals surface area contributed by atoms with Crippen LogP contribution in [-0.4, -0.2) is 130 Å². The number of allylic oxidation sites excluding steroid dienone is 4. The number of hydrogen-bond donors (Lipinski definition) is 9. The first kappa shape index (κ1) is 51.5. The van der Waals surface area contributed by atoms with Crippen LogP contribution >= 0.6 is 21.6 Å². The van der Waals surface area contributed by atoms with E-state index in [2.05, 4.69) is 35.9 Å². The number of Topliss-reactive ketones (excluding diaryl/α,β-unsaturated/α-hetero) is 1. The van der Waals surface area contributed by atoms with Crippen LogP contribution < -0.4 is 27.2 Å². The fourth-order valence-electron chi connectivity index (χ4n) is 10.6. The molecule has 4 aliphatic rings. The van der Waals surface area contributed by atoms with Crippen molar-refractivity contribution in [2.75, 3.05) is 35.8 Å². The number of ketones is 2. The molecule has 3 fully saturated rings. The third-order valence-corrected chi connectivity index (χ3v) is 16.5. The zero-order valence-corrected chi connectivity index (χ0v) is 39.8. The summed E-state index contributed by atoms with van der Waals surface area (Å²) in [6, 6.07) is 3.18. The van der Waals surface area contributed by atoms with Crippen molar-refractivity contribution < 1.29 is 63.5 Å². The average molecular weight is 1010 g/mol. The Bertz CT molecular complexity index is 2680. The Balaban J connectivity index is 0.786. The lowest BCUT2D eigenvalue weighted by Gasteiger charge is -2.59. The fourth-order valence-corrected chi connectivity index (χ4v) is 12.6. The number of aromatic nitrogens is 4. The van der Waals surface area contributed by atoms with Crippen molar-refractivity contribution >= 4 is 85.9 Å². The summed E-state index contributed by atoms with van der Waals surface area (Å²) in [5, 5.41) is 50.7. The third-order valence-electron chi connectivity index (χ3n) is 14.1. The first-order chi connectivity index (χ1) is 33.2. The maximum Gasteiger partial charge on any atom is 0.508 e. The number of aliphatic carboxylic acids is 2. The van der Waals surface area contributed by atoms with Crippen LogP contribution in [0.25, 0.3) is 11.2 Å². The van der Waals surface area contributed by atoms with E-state index < -0.39 is 88.9 Å². The van der Waals surface area contributed by atoms with Crippen molar-refractivity contribution in [2.24, 2.45) is 28.6 Å². The van der Waals surface area contributed by atoms with Gasteiger partial charge in [-0.1, -0.05) is 47.1 Å². The molecule has 7 rings (SSSR count). The molecule has 2 heterocycles. The van der Waals surface area contributed by atoms with E-state index in [0.717, 1.165) is 27.2 Å². The Morgan fingerprint density at radius 1 is 0.986 bits per heavy atom. The van der Waals surface area contributed by atoms with E-state index in [-0.39, 0.29) is 90.1 Å². The molecule has 0 spiro atoms. The van der Waals surface area contributed by atoms with Gasteiger partial charge in [0.2, 0.25) is 17.6 Å². The number of fused-ring (bicyclic) bond motifs is 6. The van der Waals surface area contributed by atoms with Crippen molar-refractivity contribution in [1.29, 1.82) is 0 Å². The maximum absolute atomic E-state index is 13.6. The van der Waals surface area contributed by atoms with Crippen molar-refractivity contribution in [1.82, 2.24) is 30.6 Å². The summed E-state index contributed by atoms with van der Waals surface area (Å²) >= 11 is 0. The standard InChI is InChI=1S/C46H54N8O14S2/c1-44-13-11-27(55)17-24(44)5-8-28-29-12-14-46(66,45(29,2)18-32(56)35(28)44)33(57)21-68-43(65)67-15-16-69-70-22-31(41(63)64)51-34(58)10-9-30(40(61)62)52-38(59)23-3-6-25(7-4-23)48-19-26-20-49-37-36(50-26)39(60)54-42(47)53-37/h3-4,6-7,11,13,17,20,28-32,35,48,56,66H,5,8-10,12,14-16,18-19,21-22H2,1-2H3,(H,51,58)(H,52,59)(H,61,62)(H,63,64)(H3,47,49,53,54,60). The lowest BCUT2D eigenvalue weighted by Crippen LogP contribution is -2.61. The summed E-state index contributed by atoms with van der Waals surface area (Å²) in [7, 11) is 2.19. The summed E-state index contributed by atoms with van der Waals surface area (Å²) in [5.41, 5.74) is 3.88. The number of carbonyl (C=O) groups excluding carboxylic acids is 5. The van der Waals surface area contributed by atoms with Gasteiger partial charge in [-0.15, -0.1) is 0 Å². The van der Waals surface area contributed by atoms with Gasteiger partial charge in [-0.25, -0.2) is 24.4 Å². The molecular formula is C46H54N8O14S2. The molecule has 0 aliphatic heterocycles. The molecule has 3 saturated carbocycles. The summed E-state index contributed by atoms with van der Waals surface area (Å²) in [4.78, 5) is 114. The molecule has 0 saturated heterocycles. The highest BCUT2D eigenvalue weighted by Crippen LogP contribution is 2.67. The number of carboxylic acids is 2. The minimum Gasteiger partial charge on any atom is -0.480 e. The predicted molar refractivity (Wildman–Crippen MR) is 254 cm³/mol. The molecule has 10 N–H and O–H groups in total. The van der Waals surface area contributed by atoms with Crippen LogP contribution in [0.1, 0.15) is 74.8 Å². The second kappa shape index (κ2) is 21.3. The molecule has 0 bridgehead atoms. The maximum atomic E-state index is 13.6. The van der Waals surface area contributed by atoms with E-state index in [4.69, 9.17) is 15.2 Å². The Labute approximate surface area is 407 Å². The number of nitrogen functional groups attached to an aromatic ring is 1. The van der Waals surface area contributed by atoms with Gasteiger partial charge >= 0.3 is 18.1 Å². The minimum absolute atomic E-state index is 0.00253. The van der Waals surface area contributed by atoms with Crippen LogP contribution in [0.5, 0.6) is 0 Å². The van der Waals surface area contributed by atoms with Crippen molar-refractivity contribution in [3.8, 4) is 0 Å². The quantitative estimate of drug-likeness (QED) is 0.0446. The van der Waals surface area contributed by atoms with Gasteiger partial charge in [0.1, 0.15) is 24.3 Å². The number of hydrogen-bond acceptors (Lipinski definition) is 19. The molecule has 2 aromatic heterocycles. The summed E-state index contributed by atoms with van der Waals surface area (Å²) in [6.45, 7) is 3.11. The Morgan fingerprint density at radius 2 is 1.73 bits per heavy atom. The first-order valence-corrected chi connectivity index (χ1v) is 25.0. The molecule has 9 atom stereocenters. The van der Waals surface area contributed by atoms with E-state index in [9.17, 15) is 58.8 Å². The number of rotatable bonds is 20. The second-order valence-electron chi connectivity index (χ2n) is 18.3. The van der Waals surface area contributed by atoms with E-state index in [0.29, 0.717) is 30.6 Å². The van der Waals surface area contributed by atoms with Crippen molar-refractivity contribution in [2.45, 2.75) is 89.1 Å². The number of carbonyl (C=O) groups is 7. The number of aliphatic hydroxyl groups excluding tert-OH is 1. The Hall–Kier alpha value is -6.37. The Kier molecular flexibility index (Phi) is 15.7. The smallest absolute Gasteiger partial charge is 0.480 e.